The molecule has 1 N–H and O–H groups in total. The van der Waals surface area contributed by atoms with Crippen LogP contribution in [0.15, 0.2) is 51.3 Å². The summed E-state index contributed by atoms with van der Waals surface area (Å²) in [5.74, 6) is -0.255. The molecule has 0 aliphatic carbocycles. The van der Waals surface area contributed by atoms with Crippen molar-refractivity contribution in [2.75, 3.05) is 6.54 Å². The molecule has 0 saturated heterocycles. The summed E-state index contributed by atoms with van der Waals surface area (Å²) in [6, 6.07) is 8.53. The fraction of sp³-hybridized carbons (Fsp3) is 0.222. The van der Waals surface area contributed by atoms with Gasteiger partial charge < -0.3 is 9.15 Å². The van der Waals surface area contributed by atoms with Gasteiger partial charge in [0, 0.05) is 0 Å². The lowest BCUT2D eigenvalue weighted by molar-refractivity contribution is -0.143. The van der Waals surface area contributed by atoms with E-state index < -0.39 is 22.5 Å². The van der Waals surface area contributed by atoms with Crippen molar-refractivity contribution in [1.29, 1.82) is 0 Å². The van der Waals surface area contributed by atoms with Crippen LogP contribution in [-0.4, -0.2) is 25.9 Å². The molecule has 0 aliphatic rings. The van der Waals surface area contributed by atoms with Gasteiger partial charge in [-0.25, -0.2) is 13.4 Å². The molecule has 3 rings (SSSR count). The van der Waals surface area contributed by atoms with Crippen molar-refractivity contribution in [2.45, 2.75) is 25.3 Å². The molecule has 27 heavy (non-hydrogen) atoms. The third-order valence-corrected chi connectivity index (χ3v) is 6.12. The lowest BCUT2D eigenvalue weighted by Crippen LogP contribution is -2.30. The maximum Gasteiger partial charge on any atom is 0.321 e. The topological polar surface area (TPSA) is 98.5 Å². The smallest absolute Gasteiger partial charge is 0.321 e. The van der Waals surface area contributed by atoms with Gasteiger partial charge >= 0.3 is 5.97 Å². The van der Waals surface area contributed by atoms with Crippen LogP contribution in [-0.2, 0) is 26.2 Å². The number of nitrogens with one attached hydrogen (secondary N) is 1. The van der Waals surface area contributed by atoms with Crippen LogP contribution in [0.5, 0.6) is 0 Å². The number of oxazole rings is 1. The van der Waals surface area contributed by atoms with Crippen LogP contribution in [0, 0.1) is 13.8 Å². The molecule has 3 aromatic rings. The first-order valence-electron chi connectivity index (χ1n) is 8.06. The minimum Gasteiger partial charge on any atom is -0.458 e. The van der Waals surface area contributed by atoms with E-state index in [9.17, 15) is 13.2 Å². The molecule has 1 aromatic carbocycles. The summed E-state index contributed by atoms with van der Waals surface area (Å²) >= 11 is 1.48. The number of hydrogen-bond acceptors (Lipinski definition) is 7. The molecule has 7 nitrogen and oxygen atoms in total. The lowest BCUT2D eigenvalue weighted by Gasteiger charge is -2.08. The SMILES string of the molecule is Cc1ccc(S(=O)(=O)NCC(=O)OCc2coc(-c3cccs3)n2)cc1C. The Hall–Kier alpha value is -2.49. The number of carbonyl (C=O) groups excluding carboxylic acids is 1. The molecular formula is C18H18N2O5S2. The van der Waals surface area contributed by atoms with Crippen molar-refractivity contribution in [3.8, 4) is 10.8 Å². The first-order valence-corrected chi connectivity index (χ1v) is 10.4. The highest BCUT2D eigenvalue weighted by Crippen LogP contribution is 2.23. The van der Waals surface area contributed by atoms with Gasteiger partial charge in [-0.15, -0.1) is 11.3 Å². The second-order valence-corrected chi connectivity index (χ2v) is 8.57. The standard InChI is InChI=1S/C18H18N2O5S2/c1-12-5-6-15(8-13(12)2)27(22,23)19-9-17(21)24-10-14-11-25-18(20-14)16-4-3-7-26-16/h3-8,11,19H,9-10H2,1-2H3. The highest BCUT2D eigenvalue weighted by atomic mass is 32.2. The van der Waals surface area contributed by atoms with Gasteiger partial charge in [0.25, 0.3) is 0 Å². The van der Waals surface area contributed by atoms with Crippen molar-refractivity contribution in [2.24, 2.45) is 0 Å². The summed E-state index contributed by atoms with van der Waals surface area (Å²) < 4.78 is 37.1. The fourth-order valence-corrected chi connectivity index (χ4v) is 3.92. The monoisotopic (exact) mass is 406 g/mol. The minimum absolute atomic E-state index is 0.0981. The van der Waals surface area contributed by atoms with Crippen LogP contribution in [0.4, 0.5) is 0 Å². The van der Waals surface area contributed by atoms with E-state index in [-0.39, 0.29) is 11.5 Å². The molecule has 0 radical (unpaired) electrons. The Morgan fingerprint density at radius 2 is 2.07 bits per heavy atom. The number of hydrogen-bond donors (Lipinski definition) is 1. The Kier molecular flexibility index (Phi) is 5.73. The van der Waals surface area contributed by atoms with Crippen molar-refractivity contribution in [3.63, 3.8) is 0 Å². The van der Waals surface area contributed by atoms with E-state index in [1.165, 1.54) is 23.7 Å². The lowest BCUT2D eigenvalue weighted by atomic mass is 10.1. The Balaban J connectivity index is 1.53. The second-order valence-electron chi connectivity index (χ2n) is 5.85. The number of aryl methyl sites for hydroxylation is 2. The van der Waals surface area contributed by atoms with Crippen molar-refractivity contribution >= 4 is 27.3 Å². The number of ether oxygens (including phenoxy) is 1. The first-order chi connectivity index (χ1) is 12.8. The minimum atomic E-state index is -3.79. The van der Waals surface area contributed by atoms with Crippen LogP contribution >= 0.6 is 11.3 Å². The molecule has 0 fully saturated rings. The molecule has 0 aliphatic heterocycles. The summed E-state index contributed by atoms with van der Waals surface area (Å²) in [5.41, 5.74) is 2.29. The quantitative estimate of drug-likeness (QED) is 0.606. The fourth-order valence-electron chi connectivity index (χ4n) is 2.21. The molecule has 0 unspecified atom stereocenters. The van der Waals surface area contributed by atoms with E-state index in [0.29, 0.717) is 11.6 Å². The molecule has 0 spiro atoms. The maximum atomic E-state index is 12.3. The molecule has 2 aromatic heterocycles. The van der Waals surface area contributed by atoms with Gasteiger partial charge in [0.15, 0.2) is 0 Å². The van der Waals surface area contributed by atoms with E-state index in [4.69, 9.17) is 9.15 Å². The van der Waals surface area contributed by atoms with E-state index in [0.717, 1.165) is 16.0 Å². The Labute approximate surface area is 161 Å². The molecule has 0 bridgehead atoms. The van der Waals surface area contributed by atoms with Gasteiger partial charge in [0.1, 0.15) is 25.1 Å². The Morgan fingerprint density at radius 1 is 1.26 bits per heavy atom. The number of carbonyl (C=O) groups is 1. The van der Waals surface area contributed by atoms with Crippen molar-refractivity contribution in [1.82, 2.24) is 9.71 Å². The Morgan fingerprint density at radius 3 is 2.78 bits per heavy atom. The highest BCUT2D eigenvalue weighted by Gasteiger charge is 2.17. The predicted molar refractivity (Wildman–Crippen MR) is 101 cm³/mol. The van der Waals surface area contributed by atoms with Crippen molar-refractivity contribution in [3.05, 3.63) is 58.8 Å². The molecule has 0 amide bonds. The average molecular weight is 406 g/mol. The zero-order valence-electron chi connectivity index (χ0n) is 14.8. The molecule has 2 heterocycles. The average Bonchev–Trinajstić information content (AvgIpc) is 3.31. The van der Waals surface area contributed by atoms with Crippen LogP contribution < -0.4 is 4.72 Å². The third-order valence-electron chi connectivity index (χ3n) is 3.86. The van der Waals surface area contributed by atoms with Gasteiger partial charge in [0.05, 0.1) is 9.77 Å². The summed E-state index contributed by atoms with van der Waals surface area (Å²) in [6.07, 6.45) is 1.40. The van der Waals surface area contributed by atoms with Crippen LogP contribution in [0.25, 0.3) is 10.8 Å². The predicted octanol–water partition coefficient (Wildman–Crippen LogP) is 3.04. The molecular weight excluding hydrogens is 388 g/mol. The first kappa shape index (κ1) is 19.3. The zero-order chi connectivity index (χ0) is 19.4. The van der Waals surface area contributed by atoms with Gasteiger partial charge in [-0.05, 0) is 48.6 Å². The summed E-state index contributed by atoms with van der Waals surface area (Å²) in [6.45, 7) is 3.15. The highest BCUT2D eigenvalue weighted by molar-refractivity contribution is 7.89. The summed E-state index contributed by atoms with van der Waals surface area (Å²) in [7, 11) is -3.79. The third kappa shape index (κ3) is 4.82. The van der Waals surface area contributed by atoms with Crippen LogP contribution in [0.3, 0.4) is 0 Å². The number of benzene rings is 1. The number of esters is 1. The normalized spacial score (nSPS) is 11.5. The number of aromatic nitrogens is 1. The molecule has 0 saturated carbocycles. The number of sulfonamides is 1. The molecule has 0 atom stereocenters. The van der Waals surface area contributed by atoms with Gasteiger partial charge in [-0.2, -0.15) is 4.72 Å². The van der Waals surface area contributed by atoms with Crippen LogP contribution in [0.1, 0.15) is 16.8 Å². The zero-order valence-corrected chi connectivity index (χ0v) is 16.4. The number of nitrogens with zero attached hydrogens (tertiary/aromatic N) is 1. The van der Waals surface area contributed by atoms with Gasteiger partial charge in [-0.3, -0.25) is 4.79 Å². The van der Waals surface area contributed by atoms with Gasteiger partial charge in [0.2, 0.25) is 15.9 Å². The van der Waals surface area contributed by atoms with E-state index in [2.05, 4.69) is 9.71 Å². The number of thiophene rings is 1. The summed E-state index contributed by atoms with van der Waals surface area (Å²) in [4.78, 5) is 17.0. The maximum absolute atomic E-state index is 12.3. The van der Waals surface area contributed by atoms with E-state index >= 15 is 0 Å². The Bertz CT molecular complexity index is 1040. The van der Waals surface area contributed by atoms with Crippen LogP contribution in [0.2, 0.25) is 0 Å². The second kappa shape index (κ2) is 8.03. The number of rotatable bonds is 7. The van der Waals surface area contributed by atoms with E-state index in [1.807, 2.05) is 31.4 Å². The summed E-state index contributed by atoms with van der Waals surface area (Å²) in [5, 5.41) is 1.90. The van der Waals surface area contributed by atoms with Gasteiger partial charge in [-0.1, -0.05) is 12.1 Å². The largest absolute Gasteiger partial charge is 0.458 e. The van der Waals surface area contributed by atoms with Crippen molar-refractivity contribution < 1.29 is 22.4 Å². The van der Waals surface area contributed by atoms with E-state index in [1.54, 1.807) is 12.1 Å². The molecule has 9 heteroatoms. The molecule has 142 valence electrons.